The largest absolute Gasteiger partial charge is 0.476 e. The number of hydrogen-bond donors (Lipinski definition) is 2. The summed E-state index contributed by atoms with van der Waals surface area (Å²) in [6.07, 6.45) is 1.83. The van der Waals surface area contributed by atoms with Crippen LogP contribution in [0.4, 0.5) is 0 Å². The van der Waals surface area contributed by atoms with Crippen molar-refractivity contribution < 1.29 is 14.7 Å². The maximum absolute atomic E-state index is 11.9. The number of hydrogen-bond acceptors (Lipinski definition) is 5. The van der Waals surface area contributed by atoms with Crippen LogP contribution >= 0.6 is 11.3 Å². The van der Waals surface area contributed by atoms with Gasteiger partial charge in [-0.2, -0.15) is 0 Å². The zero-order chi connectivity index (χ0) is 13.1. The van der Waals surface area contributed by atoms with Gasteiger partial charge >= 0.3 is 5.97 Å². The number of likely N-dealkylation sites (tertiary alicyclic amines) is 1. The van der Waals surface area contributed by atoms with Crippen molar-refractivity contribution in [2.24, 2.45) is 0 Å². The number of nitrogens with zero attached hydrogens (tertiary/aromatic N) is 2. The van der Waals surface area contributed by atoms with E-state index in [-0.39, 0.29) is 22.7 Å². The first-order chi connectivity index (χ1) is 8.56. The minimum atomic E-state index is -1.11. The SMILES string of the molecule is CN1CCC(NC(=O)c2nc(C(=O)O)cs2)CC1. The third-order valence-corrected chi connectivity index (χ3v) is 3.81. The highest BCUT2D eigenvalue weighted by Crippen LogP contribution is 2.12. The summed E-state index contributed by atoms with van der Waals surface area (Å²) in [5, 5.41) is 13.2. The van der Waals surface area contributed by atoms with Crippen molar-refractivity contribution >= 4 is 23.2 Å². The molecule has 1 aromatic heterocycles. The van der Waals surface area contributed by atoms with Crippen LogP contribution in [0.3, 0.4) is 0 Å². The van der Waals surface area contributed by atoms with Gasteiger partial charge in [-0.05, 0) is 33.0 Å². The van der Waals surface area contributed by atoms with Crippen molar-refractivity contribution in [2.45, 2.75) is 18.9 Å². The second-order valence-corrected chi connectivity index (χ2v) is 5.25. The summed E-state index contributed by atoms with van der Waals surface area (Å²) in [5.41, 5.74) is -0.0754. The number of thiazole rings is 1. The van der Waals surface area contributed by atoms with Gasteiger partial charge in [0.25, 0.3) is 5.91 Å². The lowest BCUT2D eigenvalue weighted by Crippen LogP contribution is -2.43. The molecule has 1 aliphatic heterocycles. The van der Waals surface area contributed by atoms with E-state index in [9.17, 15) is 9.59 Å². The normalized spacial score (nSPS) is 17.6. The molecule has 7 heteroatoms. The first-order valence-electron chi connectivity index (χ1n) is 5.74. The zero-order valence-corrected chi connectivity index (χ0v) is 10.9. The maximum Gasteiger partial charge on any atom is 0.355 e. The molecule has 0 spiro atoms. The smallest absolute Gasteiger partial charge is 0.355 e. The average Bonchev–Trinajstić information content (AvgIpc) is 2.81. The molecule has 0 atom stereocenters. The first-order valence-corrected chi connectivity index (χ1v) is 6.62. The summed E-state index contributed by atoms with van der Waals surface area (Å²) in [5.74, 6) is -1.38. The minimum absolute atomic E-state index is 0.0754. The van der Waals surface area contributed by atoms with Gasteiger partial charge < -0.3 is 15.3 Å². The summed E-state index contributed by atoms with van der Waals surface area (Å²) < 4.78 is 0. The number of carboxylic acids is 1. The van der Waals surface area contributed by atoms with Gasteiger partial charge in [-0.1, -0.05) is 0 Å². The molecule has 0 aliphatic carbocycles. The number of piperidine rings is 1. The molecular formula is C11H15N3O3S. The fourth-order valence-electron chi connectivity index (χ4n) is 1.88. The highest BCUT2D eigenvalue weighted by Gasteiger charge is 2.21. The predicted octanol–water partition coefficient (Wildman–Crippen LogP) is 0.665. The van der Waals surface area contributed by atoms with Crippen LogP contribution in [0.2, 0.25) is 0 Å². The van der Waals surface area contributed by atoms with E-state index in [0.717, 1.165) is 37.3 Å². The Bertz CT molecular complexity index is 452. The quantitative estimate of drug-likeness (QED) is 0.842. The molecule has 2 heterocycles. The van der Waals surface area contributed by atoms with E-state index in [1.54, 1.807) is 0 Å². The summed E-state index contributed by atoms with van der Waals surface area (Å²) in [4.78, 5) is 28.5. The van der Waals surface area contributed by atoms with E-state index in [4.69, 9.17) is 5.11 Å². The Labute approximate surface area is 109 Å². The van der Waals surface area contributed by atoms with E-state index in [2.05, 4.69) is 22.2 Å². The van der Waals surface area contributed by atoms with Crippen molar-refractivity contribution in [3.63, 3.8) is 0 Å². The van der Waals surface area contributed by atoms with Gasteiger partial charge in [-0.3, -0.25) is 4.79 Å². The van der Waals surface area contributed by atoms with Gasteiger partial charge in [0, 0.05) is 11.4 Å². The number of carbonyl (C=O) groups excluding carboxylic acids is 1. The number of aromatic nitrogens is 1. The third-order valence-electron chi connectivity index (χ3n) is 2.97. The van der Waals surface area contributed by atoms with Gasteiger partial charge in [-0.25, -0.2) is 9.78 Å². The van der Waals surface area contributed by atoms with Crippen molar-refractivity contribution in [1.82, 2.24) is 15.2 Å². The van der Waals surface area contributed by atoms with Gasteiger partial charge in [0.05, 0.1) is 0 Å². The molecule has 1 fully saturated rings. The molecule has 1 amide bonds. The monoisotopic (exact) mass is 269 g/mol. The zero-order valence-electron chi connectivity index (χ0n) is 10.0. The molecule has 0 bridgehead atoms. The van der Waals surface area contributed by atoms with Crippen LogP contribution in [0.15, 0.2) is 5.38 Å². The fourth-order valence-corrected chi connectivity index (χ4v) is 2.57. The van der Waals surface area contributed by atoms with E-state index in [1.807, 2.05) is 0 Å². The third kappa shape index (κ3) is 3.05. The molecule has 18 heavy (non-hydrogen) atoms. The van der Waals surface area contributed by atoms with Crippen LogP contribution in [0.5, 0.6) is 0 Å². The number of aromatic carboxylic acids is 1. The van der Waals surface area contributed by atoms with Crippen LogP contribution in [0, 0.1) is 0 Å². The summed E-state index contributed by atoms with van der Waals surface area (Å²) in [6.45, 7) is 1.92. The lowest BCUT2D eigenvalue weighted by molar-refractivity contribution is 0.0691. The maximum atomic E-state index is 11.9. The van der Waals surface area contributed by atoms with E-state index < -0.39 is 5.97 Å². The standard InChI is InChI=1S/C11H15N3O3S/c1-14-4-2-7(3-5-14)12-9(15)10-13-8(6-18-10)11(16)17/h6-7H,2-5H2,1H3,(H,12,15)(H,16,17). The van der Waals surface area contributed by atoms with E-state index >= 15 is 0 Å². The molecule has 98 valence electrons. The Morgan fingerprint density at radius 2 is 2.17 bits per heavy atom. The van der Waals surface area contributed by atoms with Gasteiger partial charge in [0.1, 0.15) is 0 Å². The summed E-state index contributed by atoms with van der Waals surface area (Å²) in [6, 6.07) is 0.158. The van der Waals surface area contributed by atoms with Crippen molar-refractivity contribution in [2.75, 3.05) is 20.1 Å². The van der Waals surface area contributed by atoms with E-state index in [1.165, 1.54) is 5.38 Å². The van der Waals surface area contributed by atoms with Crippen LogP contribution in [0.1, 0.15) is 33.1 Å². The number of nitrogens with one attached hydrogen (secondary N) is 1. The highest BCUT2D eigenvalue weighted by molar-refractivity contribution is 7.11. The highest BCUT2D eigenvalue weighted by atomic mass is 32.1. The Morgan fingerprint density at radius 3 is 2.72 bits per heavy atom. The molecule has 0 radical (unpaired) electrons. The van der Waals surface area contributed by atoms with Crippen LogP contribution < -0.4 is 5.32 Å². The van der Waals surface area contributed by atoms with Crippen LogP contribution in [0.25, 0.3) is 0 Å². The van der Waals surface area contributed by atoms with Crippen LogP contribution in [-0.4, -0.2) is 53.0 Å². The van der Waals surface area contributed by atoms with Crippen molar-refractivity contribution in [3.8, 4) is 0 Å². The van der Waals surface area contributed by atoms with E-state index in [0.29, 0.717) is 0 Å². The minimum Gasteiger partial charge on any atom is -0.476 e. The first kappa shape index (κ1) is 13.0. The average molecular weight is 269 g/mol. The lowest BCUT2D eigenvalue weighted by atomic mass is 10.1. The van der Waals surface area contributed by atoms with Gasteiger partial charge in [0.2, 0.25) is 0 Å². The molecule has 2 rings (SSSR count). The van der Waals surface area contributed by atoms with Crippen LogP contribution in [-0.2, 0) is 0 Å². The molecule has 1 aromatic rings. The topological polar surface area (TPSA) is 82.5 Å². The Hall–Kier alpha value is -1.47. The molecule has 0 saturated carbocycles. The van der Waals surface area contributed by atoms with Gasteiger partial charge in [0.15, 0.2) is 10.7 Å². The lowest BCUT2D eigenvalue weighted by Gasteiger charge is -2.29. The molecule has 2 N–H and O–H groups in total. The Morgan fingerprint density at radius 1 is 1.50 bits per heavy atom. The number of carboxylic acid groups (broad SMARTS) is 1. The molecular weight excluding hydrogens is 254 g/mol. The number of amides is 1. The molecule has 0 unspecified atom stereocenters. The predicted molar refractivity (Wildman–Crippen MR) is 67.1 cm³/mol. The molecule has 1 saturated heterocycles. The second-order valence-electron chi connectivity index (χ2n) is 4.39. The molecule has 6 nitrogen and oxygen atoms in total. The molecule has 1 aliphatic rings. The van der Waals surface area contributed by atoms with Gasteiger partial charge in [-0.15, -0.1) is 11.3 Å². The Balaban J connectivity index is 1.93. The number of rotatable bonds is 3. The molecule has 0 aromatic carbocycles. The second kappa shape index (κ2) is 5.45. The van der Waals surface area contributed by atoms with Crippen molar-refractivity contribution in [3.05, 3.63) is 16.1 Å². The fraction of sp³-hybridized carbons (Fsp3) is 0.545. The summed E-state index contributed by atoms with van der Waals surface area (Å²) in [7, 11) is 2.05. The number of carbonyl (C=O) groups is 2. The Kier molecular flexibility index (Phi) is 3.93. The summed E-state index contributed by atoms with van der Waals surface area (Å²) >= 11 is 1.06. The van der Waals surface area contributed by atoms with Crippen molar-refractivity contribution in [1.29, 1.82) is 0 Å².